The molecule has 0 atom stereocenters. The van der Waals surface area contributed by atoms with E-state index in [0.717, 1.165) is 6.42 Å². The highest BCUT2D eigenvalue weighted by atomic mass is 31.2. The Bertz CT molecular complexity index is 1260. The maximum Gasteiger partial charge on any atom is 0.396 e. The zero-order valence-electron chi connectivity index (χ0n) is 19.3. The van der Waals surface area contributed by atoms with Crippen molar-refractivity contribution in [1.29, 1.82) is 0 Å². The Kier molecular flexibility index (Phi) is 6.93. The van der Waals surface area contributed by atoms with Crippen molar-refractivity contribution in [1.82, 2.24) is 19.5 Å². The van der Waals surface area contributed by atoms with Gasteiger partial charge in [0, 0.05) is 20.6 Å². The maximum absolute atomic E-state index is 13.2. The van der Waals surface area contributed by atoms with E-state index in [1.165, 1.54) is 11.9 Å². The summed E-state index contributed by atoms with van der Waals surface area (Å²) in [5, 5.41) is 0. The van der Waals surface area contributed by atoms with Crippen molar-refractivity contribution in [3.63, 3.8) is 0 Å². The number of nitrogens with zero attached hydrogens (tertiary/aromatic N) is 5. The van der Waals surface area contributed by atoms with Crippen LogP contribution in [-0.2, 0) is 26.6 Å². The SMILES string of the molecule is CCOP(=O)(OCC)c1ccc(-c2nc3c(N(C)C)ncnc3n2CCc2ccccc2)o1. The van der Waals surface area contributed by atoms with Crippen LogP contribution in [0.25, 0.3) is 22.7 Å². The van der Waals surface area contributed by atoms with Crippen molar-refractivity contribution >= 4 is 30.1 Å². The lowest BCUT2D eigenvalue weighted by Crippen LogP contribution is -2.11. The normalized spacial score (nSPS) is 11.9. The molecule has 9 nitrogen and oxygen atoms in total. The fourth-order valence-corrected chi connectivity index (χ4v) is 5.11. The summed E-state index contributed by atoms with van der Waals surface area (Å²) in [6.45, 7) is 4.64. The fraction of sp³-hybridized carbons (Fsp3) is 0.348. The topological polar surface area (TPSA) is 95.5 Å². The zero-order valence-corrected chi connectivity index (χ0v) is 20.2. The van der Waals surface area contributed by atoms with E-state index >= 15 is 0 Å². The quantitative estimate of drug-likeness (QED) is 0.318. The molecule has 0 unspecified atom stereocenters. The van der Waals surface area contributed by atoms with Crippen LogP contribution in [0.2, 0.25) is 0 Å². The smallest absolute Gasteiger partial charge is 0.396 e. The maximum atomic E-state index is 13.2. The largest absolute Gasteiger partial charge is 0.445 e. The molecule has 0 aliphatic carbocycles. The summed E-state index contributed by atoms with van der Waals surface area (Å²) in [4.78, 5) is 15.6. The Balaban J connectivity index is 1.80. The monoisotopic (exact) mass is 469 g/mol. The van der Waals surface area contributed by atoms with Gasteiger partial charge in [0.15, 0.2) is 28.6 Å². The Labute approximate surface area is 192 Å². The average molecular weight is 469 g/mol. The molecule has 0 saturated carbocycles. The standard InChI is InChI=1S/C23H28N5O4P/c1-5-30-33(29,31-6-2)19-13-12-18(32-19)21-26-20-22(27(3)4)24-16-25-23(20)28(21)15-14-17-10-8-7-9-11-17/h7-13,16H,5-6,14-15H2,1-4H3. The highest BCUT2D eigenvalue weighted by Gasteiger charge is 2.32. The van der Waals surface area contributed by atoms with Crippen molar-refractivity contribution in [3.05, 3.63) is 54.4 Å². The van der Waals surface area contributed by atoms with Gasteiger partial charge in [-0.1, -0.05) is 30.3 Å². The Morgan fingerprint density at radius 2 is 1.76 bits per heavy atom. The highest BCUT2D eigenvalue weighted by molar-refractivity contribution is 7.61. The summed E-state index contributed by atoms with van der Waals surface area (Å²) >= 11 is 0. The summed E-state index contributed by atoms with van der Waals surface area (Å²) in [6, 6.07) is 13.6. The third-order valence-corrected chi connectivity index (χ3v) is 7.06. The van der Waals surface area contributed by atoms with E-state index in [0.29, 0.717) is 35.1 Å². The molecule has 0 amide bonds. The molecule has 0 spiro atoms. The van der Waals surface area contributed by atoms with Gasteiger partial charge in [-0.2, -0.15) is 0 Å². The van der Waals surface area contributed by atoms with Gasteiger partial charge in [-0.15, -0.1) is 0 Å². The summed E-state index contributed by atoms with van der Waals surface area (Å²) in [5.41, 5.74) is 2.72. The molecule has 3 aromatic heterocycles. The molecule has 0 N–H and O–H groups in total. The van der Waals surface area contributed by atoms with Gasteiger partial charge in [0.05, 0.1) is 13.2 Å². The van der Waals surface area contributed by atoms with Crippen LogP contribution in [0.4, 0.5) is 5.82 Å². The molecule has 4 aromatic rings. The minimum Gasteiger partial charge on any atom is -0.445 e. The third-order valence-electron chi connectivity index (χ3n) is 5.08. The van der Waals surface area contributed by atoms with E-state index in [1.54, 1.807) is 26.0 Å². The van der Waals surface area contributed by atoms with Crippen LogP contribution in [0.15, 0.2) is 53.2 Å². The minimum absolute atomic E-state index is 0.154. The van der Waals surface area contributed by atoms with Crippen LogP contribution >= 0.6 is 7.60 Å². The van der Waals surface area contributed by atoms with Gasteiger partial charge in [0.1, 0.15) is 6.33 Å². The van der Waals surface area contributed by atoms with Gasteiger partial charge in [-0.25, -0.2) is 15.0 Å². The lowest BCUT2D eigenvalue weighted by atomic mass is 10.1. The number of hydrogen-bond acceptors (Lipinski definition) is 8. The van der Waals surface area contributed by atoms with Crippen LogP contribution in [0.5, 0.6) is 0 Å². The van der Waals surface area contributed by atoms with Crippen molar-refractivity contribution in [3.8, 4) is 11.6 Å². The van der Waals surface area contributed by atoms with Gasteiger partial charge in [0.25, 0.3) is 0 Å². The zero-order chi connectivity index (χ0) is 23.4. The van der Waals surface area contributed by atoms with Gasteiger partial charge >= 0.3 is 7.60 Å². The molecule has 0 aliphatic rings. The molecular formula is C23H28N5O4P. The summed E-state index contributed by atoms with van der Waals surface area (Å²) in [6.07, 6.45) is 2.32. The molecule has 0 bridgehead atoms. The second-order valence-corrected chi connectivity index (χ2v) is 9.51. The molecule has 0 fully saturated rings. The molecule has 174 valence electrons. The van der Waals surface area contributed by atoms with Crippen molar-refractivity contribution < 1.29 is 18.0 Å². The number of fused-ring (bicyclic) bond motifs is 1. The average Bonchev–Trinajstić information content (AvgIpc) is 3.44. The Morgan fingerprint density at radius 1 is 1.03 bits per heavy atom. The molecule has 1 aromatic carbocycles. The van der Waals surface area contributed by atoms with Crippen molar-refractivity contribution in [2.45, 2.75) is 26.8 Å². The first kappa shape index (κ1) is 23.2. The first-order chi connectivity index (χ1) is 16.0. The molecule has 0 radical (unpaired) electrons. The van der Waals surface area contributed by atoms with Gasteiger partial charge in [0.2, 0.25) is 5.50 Å². The number of anilines is 1. The predicted octanol–water partition coefficient (Wildman–Crippen LogP) is 4.29. The van der Waals surface area contributed by atoms with E-state index in [-0.39, 0.29) is 18.7 Å². The van der Waals surface area contributed by atoms with Crippen molar-refractivity contribution in [2.75, 3.05) is 32.2 Å². The lowest BCUT2D eigenvalue weighted by Gasteiger charge is -2.14. The molecule has 4 rings (SSSR count). The van der Waals surface area contributed by atoms with E-state index < -0.39 is 7.60 Å². The van der Waals surface area contributed by atoms with Crippen LogP contribution in [0.3, 0.4) is 0 Å². The van der Waals surface area contributed by atoms with Crippen LogP contribution in [0.1, 0.15) is 19.4 Å². The van der Waals surface area contributed by atoms with E-state index in [1.807, 2.05) is 41.8 Å². The van der Waals surface area contributed by atoms with E-state index in [2.05, 4.69) is 22.1 Å². The van der Waals surface area contributed by atoms with Crippen molar-refractivity contribution in [2.24, 2.45) is 0 Å². The first-order valence-corrected chi connectivity index (χ1v) is 12.4. The summed E-state index contributed by atoms with van der Waals surface area (Å²) < 4.78 is 32.1. The number of imidazole rings is 1. The van der Waals surface area contributed by atoms with E-state index in [4.69, 9.17) is 18.4 Å². The van der Waals surface area contributed by atoms with Crippen LogP contribution in [-0.4, -0.2) is 46.8 Å². The Morgan fingerprint density at radius 3 is 2.42 bits per heavy atom. The number of benzene rings is 1. The molecule has 33 heavy (non-hydrogen) atoms. The van der Waals surface area contributed by atoms with Gasteiger partial charge in [-0.3, -0.25) is 4.57 Å². The molecule has 3 heterocycles. The number of furan rings is 1. The number of rotatable bonds is 10. The molecular weight excluding hydrogens is 441 g/mol. The second-order valence-electron chi connectivity index (χ2n) is 7.56. The highest BCUT2D eigenvalue weighted by Crippen LogP contribution is 2.47. The second kappa shape index (κ2) is 9.87. The van der Waals surface area contributed by atoms with E-state index in [9.17, 15) is 4.57 Å². The Hall–Kier alpha value is -3.00. The third kappa shape index (κ3) is 4.71. The van der Waals surface area contributed by atoms with Gasteiger partial charge < -0.3 is 22.9 Å². The fourth-order valence-electron chi connectivity index (χ4n) is 3.64. The predicted molar refractivity (Wildman–Crippen MR) is 128 cm³/mol. The lowest BCUT2D eigenvalue weighted by molar-refractivity contribution is 0.225. The first-order valence-electron chi connectivity index (χ1n) is 10.9. The summed E-state index contributed by atoms with van der Waals surface area (Å²) in [7, 11) is 0.276. The van der Waals surface area contributed by atoms with Crippen LogP contribution in [0, 0.1) is 0 Å². The number of aryl methyl sites for hydroxylation is 2. The summed E-state index contributed by atoms with van der Waals surface area (Å²) in [5.74, 6) is 1.75. The number of hydrogen-bond donors (Lipinski definition) is 0. The molecule has 0 aliphatic heterocycles. The molecule has 10 heteroatoms. The molecule has 0 saturated heterocycles. The minimum atomic E-state index is -3.55. The number of aromatic nitrogens is 4. The van der Waals surface area contributed by atoms with Crippen LogP contribution < -0.4 is 10.4 Å². The van der Waals surface area contributed by atoms with Gasteiger partial charge in [-0.05, 0) is 38.0 Å².